The van der Waals surface area contributed by atoms with Crippen molar-refractivity contribution in [3.63, 3.8) is 0 Å². The van der Waals surface area contributed by atoms with Crippen LogP contribution in [0.1, 0.15) is 62.5 Å². The Kier molecular flexibility index (Phi) is 2.75. The summed E-state index contributed by atoms with van der Waals surface area (Å²) >= 11 is 2.18. The molecule has 16 heavy (non-hydrogen) atoms. The molecule has 1 aliphatic heterocycles. The molecule has 1 heteroatoms. The largest absolute Gasteiger partial charge is 0.122 e. The van der Waals surface area contributed by atoms with Crippen molar-refractivity contribution in [1.82, 2.24) is 0 Å². The normalized spacial score (nSPS) is 27.9. The van der Waals surface area contributed by atoms with Crippen LogP contribution in [0.25, 0.3) is 0 Å². The van der Waals surface area contributed by atoms with Gasteiger partial charge in [-0.15, -0.1) is 11.8 Å². The smallest absolute Gasteiger partial charge is 0.0164 e. The number of rotatable bonds is 1. The van der Waals surface area contributed by atoms with E-state index in [2.05, 4.69) is 43.8 Å². The summed E-state index contributed by atoms with van der Waals surface area (Å²) in [7, 11) is 0. The third kappa shape index (κ3) is 1.60. The third-order valence-corrected chi connectivity index (χ3v) is 5.64. The van der Waals surface area contributed by atoms with E-state index < -0.39 is 0 Å². The minimum absolute atomic E-state index is 0.669. The van der Waals surface area contributed by atoms with E-state index in [1.807, 2.05) is 0 Å². The summed E-state index contributed by atoms with van der Waals surface area (Å²) < 4.78 is 0. The summed E-state index contributed by atoms with van der Waals surface area (Å²) in [6.45, 7) is 4.64. The topological polar surface area (TPSA) is 0 Å². The highest BCUT2D eigenvalue weighted by molar-refractivity contribution is 8.00. The van der Waals surface area contributed by atoms with E-state index in [1.54, 1.807) is 16.0 Å². The molecule has 3 rings (SSSR count). The second-order valence-corrected chi connectivity index (χ2v) is 6.72. The van der Waals surface area contributed by atoms with Crippen molar-refractivity contribution in [3.8, 4) is 0 Å². The lowest BCUT2D eigenvalue weighted by Gasteiger charge is -2.24. The lowest BCUT2D eigenvalue weighted by atomic mass is 9.83. The van der Waals surface area contributed by atoms with Gasteiger partial charge in [-0.3, -0.25) is 0 Å². The zero-order valence-electron chi connectivity index (χ0n) is 10.2. The van der Waals surface area contributed by atoms with Gasteiger partial charge in [0.25, 0.3) is 0 Å². The molecule has 86 valence electrons. The molecule has 1 fully saturated rings. The van der Waals surface area contributed by atoms with Gasteiger partial charge >= 0.3 is 0 Å². The van der Waals surface area contributed by atoms with Crippen LogP contribution < -0.4 is 0 Å². The predicted molar refractivity (Wildman–Crippen MR) is 71.4 cm³/mol. The molecule has 0 aromatic heterocycles. The molecule has 0 saturated heterocycles. The zero-order chi connectivity index (χ0) is 11.1. The molecular weight excluding hydrogens is 212 g/mol. The number of fused-ring (bicyclic) bond motifs is 3. The maximum atomic E-state index is 2.38. The van der Waals surface area contributed by atoms with Crippen molar-refractivity contribution in [1.29, 1.82) is 0 Å². The van der Waals surface area contributed by atoms with Crippen molar-refractivity contribution in [3.05, 3.63) is 29.3 Å². The second kappa shape index (κ2) is 4.10. The fourth-order valence-corrected chi connectivity index (χ4v) is 5.03. The highest BCUT2D eigenvalue weighted by Crippen LogP contribution is 2.53. The summed E-state index contributed by atoms with van der Waals surface area (Å²) in [4.78, 5) is 1.63. The quantitative estimate of drug-likeness (QED) is 0.660. The first-order chi connectivity index (χ1) is 7.77. The van der Waals surface area contributed by atoms with Crippen LogP contribution in [0, 0.1) is 0 Å². The first kappa shape index (κ1) is 10.7. The first-order valence-electron chi connectivity index (χ1n) is 6.57. The molecule has 2 unspecified atom stereocenters. The number of hydrogen-bond donors (Lipinski definition) is 0. The molecule has 1 aliphatic carbocycles. The maximum absolute atomic E-state index is 2.38. The number of thioether (sulfide) groups is 1. The molecule has 2 atom stereocenters. The Morgan fingerprint density at radius 2 is 2.00 bits per heavy atom. The molecule has 1 aromatic carbocycles. The summed E-state index contributed by atoms with van der Waals surface area (Å²) in [6, 6.07) is 6.98. The number of benzene rings is 1. The minimum Gasteiger partial charge on any atom is -0.122 e. The first-order valence-corrected chi connectivity index (χ1v) is 7.45. The van der Waals surface area contributed by atoms with Gasteiger partial charge in [-0.2, -0.15) is 0 Å². The van der Waals surface area contributed by atoms with Gasteiger partial charge in [-0.1, -0.05) is 44.9 Å². The van der Waals surface area contributed by atoms with Crippen LogP contribution in [0.15, 0.2) is 23.1 Å². The van der Waals surface area contributed by atoms with E-state index in [0.29, 0.717) is 5.92 Å². The van der Waals surface area contributed by atoms with E-state index >= 15 is 0 Å². The van der Waals surface area contributed by atoms with Crippen molar-refractivity contribution in [2.45, 2.75) is 61.5 Å². The van der Waals surface area contributed by atoms with Gasteiger partial charge in [0.05, 0.1) is 0 Å². The van der Waals surface area contributed by atoms with Crippen molar-refractivity contribution < 1.29 is 0 Å². The predicted octanol–water partition coefficient (Wildman–Crippen LogP) is 4.94. The Morgan fingerprint density at radius 1 is 1.19 bits per heavy atom. The molecular formula is C15H20S. The Morgan fingerprint density at radius 3 is 2.81 bits per heavy atom. The standard InChI is InChI=1S/C15H20S/c1-10(2)11-7-5-8-13-12-6-3-4-9-14(12)16-15(11)13/h5,7-8,10,12,14H,3-4,6,9H2,1-2H3. The Balaban J connectivity index is 2.03. The van der Waals surface area contributed by atoms with Crippen LogP contribution in [-0.4, -0.2) is 5.25 Å². The fourth-order valence-electron chi connectivity index (χ4n) is 3.20. The van der Waals surface area contributed by atoms with Crippen molar-refractivity contribution in [2.24, 2.45) is 0 Å². The molecule has 2 aliphatic rings. The van der Waals surface area contributed by atoms with Gasteiger partial charge in [-0.05, 0) is 35.8 Å². The van der Waals surface area contributed by atoms with Crippen LogP contribution in [0.5, 0.6) is 0 Å². The Bertz CT molecular complexity index is 394. The molecule has 0 radical (unpaired) electrons. The summed E-state index contributed by atoms with van der Waals surface area (Å²) in [5.74, 6) is 1.54. The Hall–Kier alpha value is -0.430. The third-order valence-electron chi connectivity index (χ3n) is 4.07. The molecule has 1 aromatic rings. The molecule has 0 N–H and O–H groups in total. The molecule has 1 saturated carbocycles. The van der Waals surface area contributed by atoms with E-state index in [-0.39, 0.29) is 0 Å². The molecule has 0 amide bonds. The van der Waals surface area contributed by atoms with Crippen LogP contribution in [-0.2, 0) is 0 Å². The zero-order valence-corrected chi connectivity index (χ0v) is 11.0. The highest BCUT2D eigenvalue weighted by Gasteiger charge is 2.36. The second-order valence-electron chi connectivity index (χ2n) is 5.47. The van der Waals surface area contributed by atoms with Gasteiger partial charge < -0.3 is 0 Å². The van der Waals surface area contributed by atoms with Gasteiger partial charge in [0.1, 0.15) is 0 Å². The van der Waals surface area contributed by atoms with Gasteiger partial charge in [0, 0.05) is 10.1 Å². The summed E-state index contributed by atoms with van der Waals surface area (Å²) in [6.07, 6.45) is 5.74. The van der Waals surface area contributed by atoms with Gasteiger partial charge in [0.15, 0.2) is 0 Å². The fraction of sp³-hybridized carbons (Fsp3) is 0.600. The monoisotopic (exact) mass is 232 g/mol. The van der Waals surface area contributed by atoms with Gasteiger partial charge in [-0.25, -0.2) is 0 Å². The van der Waals surface area contributed by atoms with Crippen molar-refractivity contribution in [2.75, 3.05) is 0 Å². The minimum atomic E-state index is 0.669. The number of hydrogen-bond acceptors (Lipinski definition) is 1. The molecule has 1 heterocycles. The van der Waals surface area contributed by atoms with Crippen LogP contribution >= 0.6 is 11.8 Å². The SMILES string of the molecule is CC(C)c1cccc2c1SC1CCCCC21. The highest BCUT2D eigenvalue weighted by atomic mass is 32.2. The molecule has 0 spiro atoms. The molecule has 0 nitrogen and oxygen atoms in total. The van der Waals surface area contributed by atoms with Gasteiger partial charge in [0.2, 0.25) is 0 Å². The average Bonchev–Trinajstić information content (AvgIpc) is 2.67. The summed E-state index contributed by atoms with van der Waals surface area (Å²) in [5, 5.41) is 0.892. The van der Waals surface area contributed by atoms with E-state index in [4.69, 9.17) is 0 Å². The van der Waals surface area contributed by atoms with E-state index in [0.717, 1.165) is 11.2 Å². The molecule has 0 bridgehead atoms. The lowest BCUT2D eigenvalue weighted by Crippen LogP contribution is -2.14. The lowest BCUT2D eigenvalue weighted by molar-refractivity contribution is 0.461. The van der Waals surface area contributed by atoms with Crippen LogP contribution in [0.3, 0.4) is 0 Å². The van der Waals surface area contributed by atoms with Crippen LogP contribution in [0.4, 0.5) is 0 Å². The Labute approximate surface area is 103 Å². The van der Waals surface area contributed by atoms with E-state index in [9.17, 15) is 0 Å². The maximum Gasteiger partial charge on any atom is 0.0164 e. The van der Waals surface area contributed by atoms with Crippen molar-refractivity contribution >= 4 is 11.8 Å². The van der Waals surface area contributed by atoms with Crippen LogP contribution in [0.2, 0.25) is 0 Å². The van der Waals surface area contributed by atoms with E-state index in [1.165, 1.54) is 25.7 Å². The average molecular weight is 232 g/mol. The summed E-state index contributed by atoms with van der Waals surface area (Å²) in [5.41, 5.74) is 3.25.